The number of unbranched alkanes of at least 4 members (excludes halogenated alkanes) is 1. The molecule has 0 bridgehead atoms. The summed E-state index contributed by atoms with van der Waals surface area (Å²) in [6, 6.07) is 28.7. The topological polar surface area (TPSA) is 151 Å². The molecule has 1 aromatic heterocycles. The molecule has 0 saturated carbocycles. The minimum Gasteiger partial charge on any atom is -0.464 e. The summed E-state index contributed by atoms with van der Waals surface area (Å²) in [6.07, 6.45) is 8.13. The van der Waals surface area contributed by atoms with Crippen molar-refractivity contribution in [3.05, 3.63) is 102 Å². The Morgan fingerprint density at radius 2 is 1.47 bits per heavy atom. The van der Waals surface area contributed by atoms with Crippen LogP contribution in [0.5, 0.6) is 0 Å². The van der Waals surface area contributed by atoms with E-state index in [-0.39, 0.29) is 54.3 Å². The van der Waals surface area contributed by atoms with E-state index < -0.39 is 0 Å². The number of halogens is 1. The Morgan fingerprint density at radius 1 is 0.818 bits per heavy atom. The van der Waals surface area contributed by atoms with Crippen LogP contribution in [0.4, 0.5) is 5.69 Å². The highest BCUT2D eigenvalue weighted by molar-refractivity contribution is 5.95. The molecule has 1 saturated heterocycles. The minimum atomic E-state index is -0.297. The molecule has 2 heterocycles. The molecule has 1 fully saturated rings. The third-order valence-corrected chi connectivity index (χ3v) is 10.5. The fourth-order valence-corrected chi connectivity index (χ4v) is 7.50. The summed E-state index contributed by atoms with van der Waals surface area (Å²) >= 11 is 0. The maximum atomic E-state index is 14.0. The van der Waals surface area contributed by atoms with Crippen LogP contribution in [-0.4, -0.2) is 80.2 Å². The number of rotatable bonds is 22. The van der Waals surface area contributed by atoms with Gasteiger partial charge in [-0.15, -0.1) is 12.4 Å². The van der Waals surface area contributed by atoms with Crippen LogP contribution in [0.2, 0.25) is 0 Å². The molecule has 5 rings (SSSR count). The molecule has 0 radical (unpaired) electrons. The van der Waals surface area contributed by atoms with Crippen LogP contribution in [0.1, 0.15) is 63.5 Å². The van der Waals surface area contributed by atoms with Crippen molar-refractivity contribution in [2.75, 3.05) is 44.6 Å². The lowest BCUT2D eigenvalue weighted by molar-refractivity contribution is -0.136. The average Bonchev–Trinajstić information content (AvgIpc) is 3.65. The van der Waals surface area contributed by atoms with Crippen LogP contribution in [0.25, 0.3) is 11.0 Å². The summed E-state index contributed by atoms with van der Waals surface area (Å²) in [5.74, 6) is 0.476. The summed E-state index contributed by atoms with van der Waals surface area (Å²) in [4.78, 5) is 29.1. The van der Waals surface area contributed by atoms with Gasteiger partial charge in [0.2, 0.25) is 11.8 Å². The fourth-order valence-electron chi connectivity index (χ4n) is 7.50. The Bertz CT molecular complexity index is 1680. The summed E-state index contributed by atoms with van der Waals surface area (Å²) in [5.41, 5.74) is 16.5. The molecule has 1 aliphatic rings. The van der Waals surface area contributed by atoms with Gasteiger partial charge >= 0.3 is 0 Å². The van der Waals surface area contributed by atoms with Crippen molar-refractivity contribution in [2.45, 2.75) is 89.4 Å². The number of piperidine rings is 1. The van der Waals surface area contributed by atoms with E-state index in [0.29, 0.717) is 44.9 Å². The molecule has 8 N–H and O–H groups in total. The quantitative estimate of drug-likeness (QED) is 0.0542. The Balaban J connectivity index is 0.00000673. The molecule has 2 amide bonds. The van der Waals surface area contributed by atoms with Crippen LogP contribution in [-0.2, 0) is 22.4 Å². The standard InChI is InChI=1S/C44H63N7O3.ClH/c1-32(2)25-39(48-30-40(27-34-13-7-4-8-14-34)47-29-37(46)26-33-11-5-3-6-12-33)31-49-41(15-9-10-21-45)44(53)51-22-18-35(19-23-51)43(52)50-38-16-17-42-36(28-38)20-24-54-42;/h3-8,11-14,16-17,20,24,28,32,35,37,39-41,47-49H,9-10,15,18-19,21-23,25-27,29-31,45-46H2,1-2H3,(H,50,52);1H/t37-,39-,40-,41-;/m1./s1. The molecular weight excluding hydrogens is 710 g/mol. The van der Waals surface area contributed by atoms with E-state index in [4.69, 9.17) is 15.9 Å². The van der Waals surface area contributed by atoms with Crippen molar-refractivity contribution in [3.8, 4) is 0 Å². The summed E-state index contributed by atoms with van der Waals surface area (Å²) in [5, 5.41) is 15.4. The summed E-state index contributed by atoms with van der Waals surface area (Å²) in [7, 11) is 0. The molecule has 0 unspecified atom stereocenters. The van der Waals surface area contributed by atoms with Gasteiger partial charge in [0.25, 0.3) is 0 Å². The Kier molecular flexibility index (Phi) is 18.6. The minimum absolute atomic E-state index is 0. The lowest BCUT2D eigenvalue weighted by Crippen LogP contribution is -2.54. The number of carbonyl (C=O) groups excluding carboxylic acids is 2. The highest BCUT2D eigenvalue weighted by atomic mass is 35.5. The van der Waals surface area contributed by atoms with Gasteiger partial charge in [0.05, 0.1) is 12.3 Å². The lowest BCUT2D eigenvalue weighted by atomic mass is 9.94. The van der Waals surface area contributed by atoms with Crippen molar-refractivity contribution in [3.63, 3.8) is 0 Å². The molecule has 4 aromatic rings. The highest BCUT2D eigenvalue weighted by Crippen LogP contribution is 2.24. The number of hydrogen-bond donors (Lipinski definition) is 6. The number of fused-ring (bicyclic) bond motifs is 1. The number of likely N-dealkylation sites (tertiary alicyclic amines) is 1. The number of nitrogens with one attached hydrogen (secondary N) is 4. The van der Waals surface area contributed by atoms with E-state index in [1.165, 1.54) is 11.1 Å². The van der Waals surface area contributed by atoms with Crippen molar-refractivity contribution in [1.29, 1.82) is 0 Å². The second kappa shape index (κ2) is 23.3. The van der Waals surface area contributed by atoms with E-state index in [9.17, 15) is 9.59 Å². The van der Waals surface area contributed by atoms with Gasteiger partial charge in [-0.05, 0) is 92.8 Å². The summed E-state index contributed by atoms with van der Waals surface area (Å²) in [6.45, 7) is 8.43. The maximum absolute atomic E-state index is 14.0. The molecule has 1 aliphatic heterocycles. The number of nitrogens with zero attached hydrogens (tertiary/aromatic N) is 1. The van der Waals surface area contributed by atoms with Gasteiger partial charge < -0.3 is 42.1 Å². The summed E-state index contributed by atoms with van der Waals surface area (Å²) < 4.78 is 5.43. The van der Waals surface area contributed by atoms with E-state index in [2.05, 4.69) is 89.7 Å². The van der Waals surface area contributed by atoms with Gasteiger partial charge in [-0.3, -0.25) is 9.59 Å². The van der Waals surface area contributed by atoms with E-state index in [1.54, 1.807) is 6.26 Å². The normalized spacial score (nSPS) is 15.7. The first kappa shape index (κ1) is 44.0. The Labute approximate surface area is 334 Å². The van der Waals surface area contributed by atoms with Crippen LogP contribution < -0.4 is 32.7 Å². The van der Waals surface area contributed by atoms with E-state index >= 15 is 0 Å². The third-order valence-electron chi connectivity index (χ3n) is 10.5. The Hall–Kier alpha value is -3.77. The zero-order valence-corrected chi connectivity index (χ0v) is 33.6. The molecule has 3 aromatic carbocycles. The SMILES string of the molecule is CC(C)C[C@H](CN[C@H](CCCCN)C(=O)N1CCC(C(=O)Nc2ccc3occc3c2)CC1)NC[C@@H](Cc1ccccc1)NC[C@H](N)Cc1ccccc1.Cl. The molecule has 4 atom stereocenters. The maximum Gasteiger partial charge on any atom is 0.239 e. The molecule has 300 valence electrons. The molecule has 10 nitrogen and oxygen atoms in total. The van der Waals surface area contributed by atoms with Crippen LogP contribution in [0.3, 0.4) is 0 Å². The van der Waals surface area contributed by atoms with Crippen LogP contribution >= 0.6 is 12.4 Å². The molecule has 11 heteroatoms. The van der Waals surface area contributed by atoms with Gasteiger partial charge in [0.1, 0.15) is 5.58 Å². The lowest BCUT2D eigenvalue weighted by Gasteiger charge is -2.35. The van der Waals surface area contributed by atoms with E-state index in [1.807, 2.05) is 35.2 Å². The van der Waals surface area contributed by atoms with Crippen molar-refractivity contribution in [1.82, 2.24) is 20.9 Å². The number of furan rings is 1. The van der Waals surface area contributed by atoms with Gasteiger partial charge in [0.15, 0.2) is 0 Å². The number of nitrogens with two attached hydrogens (primary N) is 2. The third kappa shape index (κ3) is 14.7. The highest BCUT2D eigenvalue weighted by Gasteiger charge is 2.31. The second-order valence-electron chi connectivity index (χ2n) is 15.5. The van der Waals surface area contributed by atoms with Gasteiger partial charge in [-0.2, -0.15) is 0 Å². The number of amides is 2. The van der Waals surface area contributed by atoms with Gasteiger partial charge in [0, 0.05) is 67.8 Å². The molecule has 0 spiro atoms. The fraction of sp³-hybridized carbons (Fsp3) is 0.500. The predicted octanol–water partition coefficient (Wildman–Crippen LogP) is 5.89. The largest absolute Gasteiger partial charge is 0.464 e. The van der Waals surface area contributed by atoms with Gasteiger partial charge in [-0.1, -0.05) is 80.9 Å². The number of anilines is 1. The second-order valence-corrected chi connectivity index (χ2v) is 15.5. The average molecular weight is 774 g/mol. The first-order chi connectivity index (χ1) is 26.3. The Morgan fingerprint density at radius 3 is 2.15 bits per heavy atom. The van der Waals surface area contributed by atoms with Crippen molar-refractivity contribution < 1.29 is 14.0 Å². The zero-order valence-electron chi connectivity index (χ0n) is 32.8. The first-order valence-corrected chi connectivity index (χ1v) is 20.1. The molecular formula is C44H64ClN7O3. The first-order valence-electron chi connectivity index (χ1n) is 20.1. The monoisotopic (exact) mass is 773 g/mol. The van der Waals surface area contributed by atoms with Crippen LogP contribution in [0, 0.1) is 11.8 Å². The number of hydrogen-bond acceptors (Lipinski definition) is 8. The zero-order chi connectivity index (χ0) is 38.1. The van der Waals surface area contributed by atoms with Crippen molar-refractivity contribution >= 4 is 40.9 Å². The predicted molar refractivity (Wildman–Crippen MR) is 227 cm³/mol. The molecule has 0 aliphatic carbocycles. The molecule has 55 heavy (non-hydrogen) atoms. The number of carbonyl (C=O) groups is 2. The smallest absolute Gasteiger partial charge is 0.239 e. The van der Waals surface area contributed by atoms with E-state index in [0.717, 1.165) is 68.3 Å². The number of benzene rings is 3. The van der Waals surface area contributed by atoms with Gasteiger partial charge in [-0.25, -0.2) is 0 Å². The van der Waals surface area contributed by atoms with Crippen molar-refractivity contribution in [2.24, 2.45) is 23.3 Å². The van der Waals surface area contributed by atoms with Crippen LogP contribution in [0.15, 0.2) is 95.6 Å².